The standard InChI is InChI=1S/C15H14N6O/c16-7-11-8-19-14(10-18-11)20-13-4-2-6-21(15(13)22)12-3-1-5-17-9-12/h1,3,5,8-10,13H,2,4,6H2,(H,19,20). The molecule has 1 saturated heterocycles. The predicted octanol–water partition coefficient (Wildman–Crippen LogP) is 1.35. The number of hydrogen-bond acceptors (Lipinski definition) is 6. The lowest BCUT2D eigenvalue weighted by molar-refractivity contribution is -0.120. The molecule has 0 spiro atoms. The zero-order chi connectivity index (χ0) is 15.4. The third kappa shape index (κ3) is 2.86. The molecule has 2 aromatic rings. The van der Waals surface area contributed by atoms with Crippen molar-refractivity contribution in [2.24, 2.45) is 0 Å². The maximum Gasteiger partial charge on any atom is 0.249 e. The van der Waals surface area contributed by atoms with Crippen LogP contribution in [0.1, 0.15) is 18.5 Å². The number of hydrogen-bond donors (Lipinski definition) is 1. The number of pyridine rings is 1. The van der Waals surface area contributed by atoms with Crippen molar-refractivity contribution in [1.82, 2.24) is 15.0 Å². The molecule has 1 aliphatic heterocycles. The van der Waals surface area contributed by atoms with Crippen molar-refractivity contribution in [3.63, 3.8) is 0 Å². The molecule has 1 amide bonds. The summed E-state index contributed by atoms with van der Waals surface area (Å²) < 4.78 is 0. The second kappa shape index (κ2) is 6.18. The minimum Gasteiger partial charge on any atom is -0.357 e. The molecule has 2 aromatic heterocycles. The highest BCUT2D eigenvalue weighted by atomic mass is 16.2. The van der Waals surface area contributed by atoms with E-state index in [-0.39, 0.29) is 17.6 Å². The van der Waals surface area contributed by atoms with Crippen LogP contribution >= 0.6 is 0 Å². The number of piperidine rings is 1. The summed E-state index contributed by atoms with van der Waals surface area (Å²) in [6.07, 6.45) is 7.84. The van der Waals surface area contributed by atoms with Crippen LogP contribution in [-0.2, 0) is 4.79 Å². The van der Waals surface area contributed by atoms with Gasteiger partial charge in [-0.15, -0.1) is 0 Å². The number of nitrogens with one attached hydrogen (secondary N) is 1. The van der Waals surface area contributed by atoms with Gasteiger partial charge in [-0.2, -0.15) is 5.26 Å². The molecule has 0 aliphatic carbocycles. The van der Waals surface area contributed by atoms with Gasteiger partial charge in [-0.1, -0.05) is 0 Å². The van der Waals surface area contributed by atoms with Crippen molar-refractivity contribution in [3.05, 3.63) is 42.6 Å². The molecule has 7 heteroatoms. The molecule has 0 bridgehead atoms. The second-order valence-corrected chi connectivity index (χ2v) is 4.94. The molecule has 1 unspecified atom stereocenters. The fourth-order valence-corrected chi connectivity index (χ4v) is 2.42. The van der Waals surface area contributed by atoms with Crippen LogP contribution in [0.5, 0.6) is 0 Å². The quantitative estimate of drug-likeness (QED) is 0.918. The number of nitrogens with zero attached hydrogens (tertiary/aromatic N) is 5. The van der Waals surface area contributed by atoms with Crippen LogP contribution < -0.4 is 10.2 Å². The van der Waals surface area contributed by atoms with Crippen LogP contribution in [0.2, 0.25) is 0 Å². The Hall–Kier alpha value is -3.01. The summed E-state index contributed by atoms with van der Waals surface area (Å²) >= 11 is 0. The first-order valence-corrected chi connectivity index (χ1v) is 6.98. The SMILES string of the molecule is N#Cc1cnc(NC2CCCN(c3cccnc3)C2=O)cn1. The van der Waals surface area contributed by atoms with Crippen LogP contribution in [0, 0.1) is 11.3 Å². The van der Waals surface area contributed by atoms with Crippen LogP contribution in [0.15, 0.2) is 36.9 Å². The topological polar surface area (TPSA) is 94.8 Å². The molecule has 0 radical (unpaired) electrons. The minimum absolute atomic E-state index is 0.00888. The summed E-state index contributed by atoms with van der Waals surface area (Å²) in [5, 5.41) is 11.8. The molecule has 1 N–H and O–H groups in total. The van der Waals surface area contributed by atoms with E-state index in [0.717, 1.165) is 18.5 Å². The molecule has 1 fully saturated rings. The van der Waals surface area contributed by atoms with Gasteiger partial charge in [0.2, 0.25) is 5.91 Å². The van der Waals surface area contributed by atoms with E-state index in [2.05, 4.69) is 20.3 Å². The Morgan fingerprint density at radius 2 is 2.23 bits per heavy atom. The highest BCUT2D eigenvalue weighted by molar-refractivity contribution is 5.99. The summed E-state index contributed by atoms with van der Waals surface area (Å²) in [5.41, 5.74) is 1.04. The largest absolute Gasteiger partial charge is 0.357 e. The van der Waals surface area contributed by atoms with Gasteiger partial charge in [-0.05, 0) is 25.0 Å². The molecule has 1 atom stereocenters. The zero-order valence-corrected chi connectivity index (χ0v) is 11.8. The molecular formula is C15H14N6O. The summed E-state index contributed by atoms with van der Waals surface area (Å²) in [5.74, 6) is 0.482. The van der Waals surface area contributed by atoms with E-state index in [1.807, 2.05) is 18.2 Å². The van der Waals surface area contributed by atoms with Gasteiger partial charge in [0, 0.05) is 12.7 Å². The van der Waals surface area contributed by atoms with Crippen molar-refractivity contribution in [2.45, 2.75) is 18.9 Å². The highest BCUT2D eigenvalue weighted by Crippen LogP contribution is 2.21. The number of aromatic nitrogens is 3. The highest BCUT2D eigenvalue weighted by Gasteiger charge is 2.29. The molecular weight excluding hydrogens is 280 g/mol. The third-order valence-corrected chi connectivity index (χ3v) is 3.48. The van der Waals surface area contributed by atoms with Crippen molar-refractivity contribution < 1.29 is 4.79 Å². The fourth-order valence-electron chi connectivity index (χ4n) is 2.42. The third-order valence-electron chi connectivity index (χ3n) is 3.48. The van der Waals surface area contributed by atoms with E-state index in [9.17, 15) is 4.79 Å². The molecule has 0 aromatic carbocycles. The first kappa shape index (κ1) is 13.9. The Morgan fingerprint density at radius 1 is 1.32 bits per heavy atom. The van der Waals surface area contributed by atoms with E-state index in [1.165, 1.54) is 12.4 Å². The number of amides is 1. The summed E-state index contributed by atoms with van der Waals surface area (Å²) in [4.78, 5) is 26.4. The van der Waals surface area contributed by atoms with E-state index < -0.39 is 0 Å². The second-order valence-electron chi connectivity index (χ2n) is 4.94. The van der Waals surface area contributed by atoms with Gasteiger partial charge in [0.25, 0.3) is 0 Å². The first-order chi connectivity index (χ1) is 10.8. The average Bonchev–Trinajstić information content (AvgIpc) is 2.58. The Balaban J connectivity index is 1.74. The number of anilines is 2. The van der Waals surface area contributed by atoms with Crippen LogP contribution in [0.3, 0.4) is 0 Å². The minimum atomic E-state index is -0.351. The number of rotatable bonds is 3. The van der Waals surface area contributed by atoms with E-state index in [1.54, 1.807) is 17.3 Å². The van der Waals surface area contributed by atoms with Gasteiger partial charge in [-0.3, -0.25) is 9.78 Å². The summed E-state index contributed by atoms with van der Waals surface area (Å²) in [6.45, 7) is 0.682. The molecule has 3 rings (SSSR count). The van der Waals surface area contributed by atoms with E-state index in [0.29, 0.717) is 12.4 Å². The van der Waals surface area contributed by atoms with Gasteiger partial charge in [0.1, 0.15) is 17.9 Å². The average molecular weight is 294 g/mol. The van der Waals surface area contributed by atoms with Crippen molar-refractivity contribution in [1.29, 1.82) is 5.26 Å². The van der Waals surface area contributed by atoms with Gasteiger partial charge < -0.3 is 10.2 Å². The Kier molecular flexibility index (Phi) is 3.92. The molecule has 7 nitrogen and oxygen atoms in total. The monoisotopic (exact) mass is 294 g/mol. The lowest BCUT2D eigenvalue weighted by Gasteiger charge is -2.32. The van der Waals surface area contributed by atoms with Gasteiger partial charge >= 0.3 is 0 Å². The molecule has 1 aliphatic rings. The molecule has 0 saturated carbocycles. The van der Waals surface area contributed by atoms with Crippen molar-refractivity contribution in [2.75, 3.05) is 16.8 Å². The fraction of sp³-hybridized carbons (Fsp3) is 0.267. The van der Waals surface area contributed by atoms with Crippen molar-refractivity contribution >= 4 is 17.4 Å². The van der Waals surface area contributed by atoms with Crippen LogP contribution in [-0.4, -0.2) is 33.4 Å². The lowest BCUT2D eigenvalue weighted by atomic mass is 10.0. The van der Waals surface area contributed by atoms with Gasteiger partial charge in [0.05, 0.1) is 24.3 Å². The smallest absolute Gasteiger partial charge is 0.249 e. The van der Waals surface area contributed by atoms with Gasteiger partial charge in [0.15, 0.2) is 5.69 Å². The molecule has 22 heavy (non-hydrogen) atoms. The number of carbonyl (C=O) groups excluding carboxylic acids is 1. The van der Waals surface area contributed by atoms with Crippen LogP contribution in [0.25, 0.3) is 0 Å². The molecule has 3 heterocycles. The number of nitriles is 1. The zero-order valence-electron chi connectivity index (χ0n) is 11.8. The Labute approximate surface area is 127 Å². The van der Waals surface area contributed by atoms with Crippen LogP contribution in [0.4, 0.5) is 11.5 Å². The number of carbonyl (C=O) groups is 1. The van der Waals surface area contributed by atoms with Crippen molar-refractivity contribution in [3.8, 4) is 6.07 Å². The maximum absolute atomic E-state index is 12.6. The summed E-state index contributed by atoms with van der Waals surface area (Å²) in [7, 11) is 0. The Bertz CT molecular complexity index is 694. The van der Waals surface area contributed by atoms with E-state index >= 15 is 0 Å². The molecule has 110 valence electrons. The van der Waals surface area contributed by atoms with Gasteiger partial charge in [-0.25, -0.2) is 9.97 Å². The first-order valence-electron chi connectivity index (χ1n) is 6.98. The normalized spacial score (nSPS) is 17.9. The predicted molar refractivity (Wildman–Crippen MR) is 80.0 cm³/mol. The van der Waals surface area contributed by atoms with E-state index in [4.69, 9.17) is 5.26 Å². The maximum atomic E-state index is 12.6. The Morgan fingerprint density at radius 3 is 2.91 bits per heavy atom. The summed E-state index contributed by atoms with van der Waals surface area (Å²) in [6, 6.07) is 5.24. The lowest BCUT2D eigenvalue weighted by Crippen LogP contribution is -2.48.